The van der Waals surface area contributed by atoms with Crippen LogP contribution in [0.25, 0.3) is 0 Å². The van der Waals surface area contributed by atoms with Crippen molar-refractivity contribution >= 4 is 10.0 Å². The van der Waals surface area contributed by atoms with E-state index in [9.17, 15) is 8.42 Å². The number of ether oxygens (including phenoxy) is 2. The molecule has 3 rings (SSSR count). The Morgan fingerprint density at radius 3 is 2.73 bits per heavy atom. The first-order valence-electron chi connectivity index (χ1n) is 7.71. The number of fused-ring (bicyclic) bond motifs is 1. The molecule has 2 aliphatic heterocycles. The van der Waals surface area contributed by atoms with Crippen molar-refractivity contribution in [3.05, 3.63) is 18.2 Å². The largest absolute Gasteiger partial charge is 0.490 e. The third kappa shape index (κ3) is 3.06. The molecule has 1 unspecified atom stereocenters. The first-order chi connectivity index (χ1) is 10.6. The Kier molecular flexibility index (Phi) is 4.56. The monoisotopic (exact) mass is 326 g/mol. The Balaban J connectivity index is 1.87. The van der Waals surface area contributed by atoms with Crippen LogP contribution >= 0.6 is 0 Å². The SMILES string of the molecule is NCC1CCCN(S(=O)(=O)c2ccc3c(c2)OCCCO3)C1. The van der Waals surface area contributed by atoms with Crippen LogP contribution in [0.5, 0.6) is 11.5 Å². The minimum atomic E-state index is -3.51. The fraction of sp³-hybridized carbons (Fsp3) is 0.600. The second-order valence-electron chi connectivity index (χ2n) is 5.77. The highest BCUT2D eigenvalue weighted by Gasteiger charge is 2.30. The topological polar surface area (TPSA) is 81.9 Å². The zero-order valence-corrected chi connectivity index (χ0v) is 13.3. The van der Waals surface area contributed by atoms with Crippen LogP contribution in [0.15, 0.2) is 23.1 Å². The van der Waals surface area contributed by atoms with E-state index in [1.54, 1.807) is 18.2 Å². The van der Waals surface area contributed by atoms with Gasteiger partial charge in [-0.1, -0.05) is 0 Å². The van der Waals surface area contributed by atoms with Crippen molar-refractivity contribution in [3.8, 4) is 11.5 Å². The predicted octanol–water partition coefficient (Wildman–Crippen LogP) is 1.21. The van der Waals surface area contributed by atoms with E-state index in [2.05, 4.69) is 0 Å². The molecular weight excluding hydrogens is 304 g/mol. The predicted molar refractivity (Wildman–Crippen MR) is 82.6 cm³/mol. The smallest absolute Gasteiger partial charge is 0.243 e. The molecule has 0 radical (unpaired) electrons. The minimum Gasteiger partial charge on any atom is -0.490 e. The molecule has 0 amide bonds. The van der Waals surface area contributed by atoms with Gasteiger partial charge in [0, 0.05) is 25.6 Å². The molecule has 2 heterocycles. The molecule has 0 aromatic heterocycles. The average Bonchev–Trinajstić information content (AvgIpc) is 2.79. The van der Waals surface area contributed by atoms with E-state index >= 15 is 0 Å². The van der Waals surface area contributed by atoms with Crippen molar-refractivity contribution in [2.75, 3.05) is 32.8 Å². The molecule has 6 nitrogen and oxygen atoms in total. The van der Waals surface area contributed by atoms with E-state index in [0.717, 1.165) is 19.3 Å². The first-order valence-corrected chi connectivity index (χ1v) is 9.15. The van der Waals surface area contributed by atoms with Gasteiger partial charge in [0.05, 0.1) is 18.1 Å². The lowest BCUT2D eigenvalue weighted by Crippen LogP contribution is -2.41. The number of nitrogens with zero attached hydrogens (tertiary/aromatic N) is 1. The fourth-order valence-corrected chi connectivity index (χ4v) is 4.46. The van der Waals surface area contributed by atoms with Crippen LogP contribution in [0.1, 0.15) is 19.3 Å². The van der Waals surface area contributed by atoms with E-state index in [4.69, 9.17) is 15.2 Å². The number of benzene rings is 1. The van der Waals surface area contributed by atoms with Crippen LogP contribution in [0.3, 0.4) is 0 Å². The van der Waals surface area contributed by atoms with E-state index in [0.29, 0.717) is 44.3 Å². The first kappa shape index (κ1) is 15.6. The number of rotatable bonds is 3. The molecular formula is C15H22N2O4S. The average molecular weight is 326 g/mol. The van der Waals surface area contributed by atoms with Crippen molar-refractivity contribution in [3.63, 3.8) is 0 Å². The molecule has 0 aliphatic carbocycles. The standard InChI is InChI=1S/C15H22N2O4S/c16-10-12-3-1-6-17(11-12)22(18,19)13-4-5-14-15(9-13)21-8-2-7-20-14/h4-5,9,12H,1-3,6-8,10-11,16H2. The normalized spacial score (nSPS) is 23.0. The third-order valence-corrected chi connectivity index (χ3v) is 6.03. The van der Waals surface area contributed by atoms with Crippen LogP contribution in [0.2, 0.25) is 0 Å². The van der Waals surface area contributed by atoms with Crippen molar-refractivity contribution in [1.82, 2.24) is 4.31 Å². The van der Waals surface area contributed by atoms with Gasteiger partial charge in [0.25, 0.3) is 0 Å². The Hall–Kier alpha value is -1.31. The number of nitrogens with two attached hydrogens (primary N) is 1. The van der Waals surface area contributed by atoms with Gasteiger partial charge in [0.2, 0.25) is 10.0 Å². The molecule has 0 spiro atoms. The minimum absolute atomic E-state index is 0.240. The highest BCUT2D eigenvalue weighted by atomic mass is 32.2. The summed E-state index contributed by atoms with van der Waals surface area (Å²) in [6, 6.07) is 4.84. The highest BCUT2D eigenvalue weighted by Crippen LogP contribution is 2.33. The van der Waals surface area contributed by atoms with Gasteiger partial charge in [-0.05, 0) is 37.4 Å². The van der Waals surface area contributed by atoms with Crippen LogP contribution in [0, 0.1) is 5.92 Å². The molecule has 1 atom stereocenters. The summed E-state index contributed by atoms with van der Waals surface area (Å²) in [6.07, 6.45) is 2.64. The maximum Gasteiger partial charge on any atom is 0.243 e. The second kappa shape index (κ2) is 6.44. The summed E-state index contributed by atoms with van der Waals surface area (Å²) in [5.74, 6) is 1.35. The van der Waals surface area contributed by atoms with Crippen molar-refractivity contribution in [2.45, 2.75) is 24.2 Å². The lowest BCUT2D eigenvalue weighted by atomic mass is 10.0. The van der Waals surface area contributed by atoms with E-state index in [-0.39, 0.29) is 10.8 Å². The quantitative estimate of drug-likeness (QED) is 0.903. The summed E-state index contributed by atoms with van der Waals surface area (Å²) >= 11 is 0. The van der Waals surface area contributed by atoms with Gasteiger partial charge in [-0.2, -0.15) is 4.31 Å². The molecule has 1 aromatic carbocycles. The Bertz CT molecular complexity index is 632. The van der Waals surface area contributed by atoms with Gasteiger partial charge in [-0.25, -0.2) is 8.42 Å². The molecule has 0 bridgehead atoms. The number of hydrogen-bond donors (Lipinski definition) is 1. The zero-order chi connectivity index (χ0) is 15.6. The van der Waals surface area contributed by atoms with Gasteiger partial charge in [-0.15, -0.1) is 0 Å². The fourth-order valence-electron chi connectivity index (χ4n) is 2.89. The molecule has 22 heavy (non-hydrogen) atoms. The maximum atomic E-state index is 12.8. The summed E-state index contributed by atoms with van der Waals surface area (Å²) in [4.78, 5) is 0.259. The summed E-state index contributed by atoms with van der Waals surface area (Å²) < 4.78 is 38.3. The van der Waals surface area contributed by atoms with Crippen LogP contribution in [-0.4, -0.2) is 45.6 Å². The maximum absolute atomic E-state index is 12.8. The molecule has 1 fully saturated rings. The highest BCUT2D eigenvalue weighted by molar-refractivity contribution is 7.89. The van der Waals surface area contributed by atoms with Crippen LogP contribution in [0.4, 0.5) is 0 Å². The number of sulfonamides is 1. The van der Waals surface area contributed by atoms with Gasteiger partial charge >= 0.3 is 0 Å². The molecule has 122 valence electrons. The van der Waals surface area contributed by atoms with Crippen LogP contribution in [-0.2, 0) is 10.0 Å². The molecule has 2 N–H and O–H groups in total. The van der Waals surface area contributed by atoms with E-state index in [1.165, 1.54) is 4.31 Å². The van der Waals surface area contributed by atoms with Crippen LogP contribution < -0.4 is 15.2 Å². The van der Waals surface area contributed by atoms with Gasteiger partial charge in [-0.3, -0.25) is 0 Å². The molecule has 0 saturated carbocycles. The number of piperidine rings is 1. The van der Waals surface area contributed by atoms with Crippen molar-refractivity contribution < 1.29 is 17.9 Å². The summed E-state index contributed by atoms with van der Waals surface area (Å²) in [7, 11) is -3.51. The number of hydrogen-bond acceptors (Lipinski definition) is 5. The zero-order valence-electron chi connectivity index (χ0n) is 12.5. The molecule has 1 saturated heterocycles. The van der Waals surface area contributed by atoms with Gasteiger partial charge < -0.3 is 15.2 Å². The summed E-state index contributed by atoms with van der Waals surface area (Å²) in [5, 5.41) is 0. The van der Waals surface area contributed by atoms with Crippen molar-refractivity contribution in [1.29, 1.82) is 0 Å². The third-order valence-electron chi connectivity index (χ3n) is 4.17. The second-order valence-corrected chi connectivity index (χ2v) is 7.70. The summed E-state index contributed by atoms with van der Waals surface area (Å²) in [5.41, 5.74) is 5.70. The lowest BCUT2D eigenvalue weighted by Gasteiger charge is -2.31. The lowest BCUT2D eigenvalue weighted by molar-refractivity contribution is 0.271. The van der Waals surface area contributed by atoms with E-state index in [1.807, 2.05) is 0 Å². The Labute approximate surface area is 131 Å². The van der Waals surface area contributed by atoms with Crippen molar-refractivity contribution in [2.24, 2.45) is 11.7 Å². The van der Waals surface area contributed by atoms with Gasteiger partial charge in [0.1, 0.15) is 0 Å². The summed E-state index contributed by atoms with van der Waals surface area (Å²) in [6.45, 7) is 2.69. The van der Waals surface area contributed by atoms with Gasteiger partial charge in [0.15, 0.2) is 11.5 Å². The Morgan fingerprint density at radius 2 is 1.95 bits per heavy atom. The molecule has 2 aliphatic rings. The molecule has 7 heteroatoms. The van der Waals surface area contributed by atoms with E-state index < -0.39 is 10.0 Å². The molecule has 1 aromatic rings. The Morgan fingerprint density at radius 1 is 1.18 bits per heavy atom.